The molecule has 0 aliphatic rings. The average molecular weight is 227 g/mol. The van der Waals surface area contributed by atoms with Crippen molar-refractivity contribution in [1.82, 2.24) is 4.72 Å². The minimum atomic E-state index is -3.47. The summed E-state index contributed by atoms with van der Waals surface area (Å²) >= 11 is 0. The zero-order valence-corrected chi connectivity index (χ0v) is 9.00. The van der Waals surface area contributed by atoms with Crippen LogP contribution in [0.4, 0.5) is 5.69 Å². The Kier molecular flexibility index (Phi) is 3.96. The van der Waals surface area contributed by atoms with E-state index < -0.39 is 10.0 Å². The number of aliphatic imine (C=N–C) groups is 1. The third-order valence-electron chi connectivity index (χ3n) is 1.75. The summed E-state index contributed by atoms with van der Waals surface area (Å²) in [6.07, 6.45) is 0. The van der Waals surface area contributed by atoms with Gasteiger partial charge in [0.05, 0.1) is 10.6 Å². The molecule has 0 spiro atoms. The zero-order chi connectivity index (χ0) is 11.3. The number of hydrogen-bond donors (Lipinski definition) is 2. The van der Waals surface area contributed by atoms with E-state index in [9.17, 15) is 8.42 Å². The topological polar surface area (TPSA) is 84.5 Å². The second-order valence-electron chi connectivity index (χ2n) is 2.84. The fraction of sp³-hybridized carbons (Fsp3) is 0.222. The van der Waals surface area contributed by atoms with Gasteiger partial charge in [0.25, 0.3) is 0 Å². The maximum atomic E-state index is 11.6. The molecule has 0 aliphatic heterocycles. The molecule has 0 atom stereocenters. The van der Waals surface area contributed by atoms with Crippen molar-refractivity contribution in [2.24, 2.45) is 10.7 Å². The van der Waals surface area contributed by atoms with Crippen molar-refractivity contribution in [2.45, 2.75) is 4.90 Å². The molecule has 0 aromatic heterocycles. The van der Waals surface area contributed by atoms with E-state index in [0.29, 0.717) is 5.69 Å². The molecular weight excluding hydrogens is 214 g/mol. The van der Waals surface area contributed by atoms with Crippen LogP contribution in [-0.4, -0.2) is 28.2 Å². The van der Waals surface area contributed by atoms with E-state index in [-0.39, 0.29) is 18.0 Å². The van der Waals surface area contributed by atoms with Gasteiger partial charge in [0.2, 0.25) is 10.0 Å². The molecule has 1 aromatic rings. The van der Waals surface area contributed by atoms with Crippen LogP contribution in [0.25, 0.3) is 0 Å². The molecule has 5 nitrogen and oxygen atoms in total. The van der Waals surface area contributed by atoms with E-state index in [1.54, 1.807) is 12.1 Å². The quantitative estimate of drug-likeness (QED) is 0.707. The summed E-state index contributed by atoms with van der Waals surface area (Å²) in [4.78, 5) is 3.83. The SMILES string of the molecule is C=Nc1cccc(S(=O)(=O)NCCN)c1. The lowest BCUT2D eigenvalue weighted by atomic mass is 10.3. The molecule has 0 fully saturated rings. The number of sulfonamides is 1. The van der Waals surface area contributed by atoms with Gasteiger partial charge >= 0.3 is 0 Å². The summed E-state index contributed by atoms with van der Waals surface area (Å²) < 4.78 is 25.6. The van der Waals surface area contributed by atoms with Gasteiger partial charge in [-0.25, -0.2) is 13.1 Å². The number of hydrogen-bond acceptors (Lipinski definition) is 4. The first-order valence-electron chi connectivity index (χ1n) is 4.36. The van der Waals surface area contributed by atoms with Gasteiger partial charge in [0.15, 0.2) is 0 Å². The molecule has 0 saturated heterocycles. The smallest absolute Gasteiger partial charge is 0.240 e. The minimum Gasteiger partial charge on any atom is -0.329 e. The highest BCUT2D eigenvalue weighted by molar-refractivity contribution is 7.89. The van der Waals surface area contributed by atoms with Crippen LogP contribution in [0.15, 0.2) is 34.2 Å². The molecular formula is C9H13N3O2S. The first kappa shape index (κ1) is 11.8. The van der Waals surface area contributed by atoms with Crippen molar-refractivity contribution < 1.29 is 8.42 Å². The van der Waals surface area contributed by atoms with Crippen LogP contribution in [0.1, 0.15) is 0 Å². The fourth-order valence-electron chi connectivity index (χ4n) is 1.03. The third kappa shape index (κ3) is 3.12. The van der Waals surface area contributed by atoms with Crippen molar-refractivity contribution in [3.63, 3.8) is 0 Å². The Morgan fingerprint density at radius 2 is 2.20 bits per heavy atom. The molecule has 82 valence electrons. The minimum absolute atomic E-state index is 0.167. The largest absolute Gasteiger partial charge is 0.329 e. The Labute approximate surface area is 89.1 Å². The van der Waals surface area contributed by atoms with Gasteiger partial charge < -0.3 is 5.73 Å². The summed E-state index contributed by atoms with van der Waals surface area (Å²) in [5.74, 6) is 0. The van der Waals surface area contributed by atoms with Crippen molar-refractivity contribution >= 4 is 22.4 Å². The highest BCUT2D eigenvalue weighted by Gasteiger charge is 2.12. The number of benzene rings is 1. The zero-order valence-electron chi connectivity index (χ0n) is 8.18. The molecule has 1 aromatic carbocycles. The van der Waals surface area contributed by atoms with Gasteiger partial charge in [-0.1, -0.05) is 6.07 Å². The van der Waals surface area contributed by atoms with E-state index in [4.69, 9.17) is 5.73 Å². The lowest BCUT2D eigenvalue weighted by Crippen LogP contribution is -2.29. The molecule has 0 aliphatic carbocycles. The van der Waals surface area contributed by atoms with E-state index in [0.717, 1.165) is 0 Å². The number of nitrogens with zero attached hydrogens (tertiary/aromatic N) is 1. The van der Waals surface area contributed by atoms with Gasteiger partial charge in [-0.3, -0.25) is 4.99 Å². The Morgan fingerprint density at radius 1 is 1.47 bits per heavy atom. The molecule has 0 unspecified atom stereocenters. The normalized spacial score (nSPS) is 11.3. The lowest BCUT2D eigenvalue weighted by molar-refractivity contribution is 0.582. The molecule has 3 N–H and O–H groups in total. The Hall–Kier alpha value is -1.24. The van der Waals surface area contributed by atoms with Crippen LogP contribution in [0.5, 0.6) is 0 Å². The fourth-order valence-corrected chi connectivity index (χ4v) is 2.11. The van der Waals surface area contributed by atoms with E-state index in [1.165, 1.54) is 12.1 Å². The monoisotopic (exact) mass is 227 g/mol. The molecule has 0 heterocycles. The standard InChI is InChI=1S/C9H13N3O2S/c1-11-8-3-2-4-9(7-8)15(13,14)12-6-5-10/h2-4,7,12H,1,5-6,10H2. The van der Waals surface area contributed by atoms with Crippen molar-refractivity contribution in [3.8, 4) is 0 Å². The number of rotatable bonds is 5. The molecule has 1 rings (SSSR count). The van der Waals surface area contributed by atoms with E-state index in [2.05, 4.69) is 16.4 Å². The lowest BCUT2D eigenvalue weighted by Gasteiger charge is -2.05. The van der Waals surface area contributed by atoms with Gasteiger partial charge in [0.1, 0.15) is 0 Å². The van der Waals surface area contributed by atoms with E-state index in [1.807, 2.05) is 0 Å². The predicted octanol–water partition coefficient (Wildman–Crippen LogP) is 0.256. The Bertz CT molecular complexity index is 442. The molecule has 15 heavy (non-hydrogen) atoms. The third-order valence-corrected chi connectivity index (χ3v) is 3.21. The van der Waals surface area contributed by atoms with Crippen LogP contribution >= 0.6 is 0 Å². The summed E-state index contributed by atoms with van der Waals surface area (Å²) in [5, 5.41) is 0. The van der Waals surface area contributed by atoms with Crippen LogP contribution in [0, 0.1) is 0 Å². The van der Waals surface area contributed by atoms with Gasteiger partial charge in [-0.15, -0.1) is 0 Å². The second kappa shape index (κ2) is 5.01. The summed E-state index contributed by atoms with van der Waals surface area (Å²) in [5.41, 5.74) is 5.73. The molecule has 6 heteroatoms. The number of nitrogens with two attached hydrogens (primary N) is 1. The van der Waals surface area contributed by atoms with Gasteiger partial charge in [-0.05, 0) is 24.9 Å². The highest BCUT2D eigenvalue weighted by Crippen LogP contribution is 2.16. The van der Waals surface area contributed by atoms with Crippen LogP contribution in [0.3, 0.4) is 0 Å². The Morgan fingerprint density at radius 3 is 2.80 bits per heavy atom. The summed E-state index contributed by atoms with van der Waals surface area (Å²) in [6.45, 7) is 3.81. The molecule has 0 saturated carbocycles. The second-order valence-corrected chi connectivity index (χ2v) is 4.61. The van der Waals surface area contributed by atoms with Gasteiger partial charge in [0, 0.05) is 13.1 Å². The van der Waals surface area contributed by atoms with E-state index >= 15 is 0 Å². The first-order chi connectivity index (χ1) is 7.10. The van der Waals surface area contributed by atoms with Crippen LogP contribution in [-0.2, 0) is 10.0 Å². The Balaban J connectivity index is 2.99. The maximum Gasteiger partial charge on any atom is 0.240 e. The maximum absolute atomic E-state index is 11.6. The van der Waals surface area contributed by atoms with Crippen LogP contribution in [0.2, 0.25) is 0 Å². The highest BCUT2D eigenvalue weighted by atomic mass is 32.2. The summed E-state index contributed by atoms with van der Waals surface area (Å²) in [7, 11) is -3.47. The predicted molar refractivity (Wildman–Crippen MR) is 59.9 cm³/mol. The molecule has 0 radical (unpaired) electrons. The van der Waals surface area contributed by atoms with Crippen molar-refractivity contribution in [2.75, 3.05) is 13.1 Å². The molecule has 0 bridgehead atoms. The molecule has 0 amide bonds. The van der Waals surface area contributed by atoms with Crippen molar-refractivity contribution in [3.05, 3.63) is 24.3 Å². The van der Waals surface area contributed by atoms with Crippen molar-refractivity contribution in [1.29, 1.82) is 0 Å². The summed E-state index contributed by atoms with van der Waals surface area (Å²) in [6, 6.07) is 6.23. The van der Waals surface area contributed by atoms with Gasteiger partial charge in [-0.2, -0.15) is 0 Å². The average Bonchev–Trinajstić information content (AvgIpc) is 2.26. The first-order valence-corrected chi connectivity index (χ1v) is 5.85. The number of nitrogens with one attached hydrogen (secondary N) is 1. The van der Waals surface area contributed by atoms with Crippen LogP contribution < -0.4 is 10.5 Å².